The number of benzene rings is 1. The second-order valence-corrected chi connectivity index (χ2v) is 3.93. The maximum atomic E-state index is 5.95. The Hall–Kier alpha value is -1.06. The van der Waals surface area contributed by atoms with Crippen LogP contribution < -0.4 is 5.73 Å². The van der Waals surface area contributed by atoms with E-state index >= 15 is 0 Å². The standard InChI is InChI=1S/C10H11ClN2O/c1-6(12)2-7-3-9(11)4-8-5-13-14-10(7)8/h3-6H,2,12H2,1H3. The largest absolute Gasteiger partial charge is 0.356 e. The third-order valence-corrected chi connectivity index (χ3v) is 2.26. The van der Waals surface area contributed by atoms with E-state index in [0.29, 0.717) is 5.02 Å². The monoisotopic (exact) mass is 210 g/mol. The number of halogens is 1. The van der Waals surface area contributed by atoms with Crippen molar-refractivity contribution in [2.45, 2.75) is 19.4 Å². The molecule has 4 heteroatoms. The molecule has 2 N–H and O–H groups in total. The molecule has 1 aromatic heterocycles. The summed E-state index contributed by atoms with van der Waals surface area (Å²) in [5.74, 6) is 0. The lowest BCUT2D eigenvalue weighted by Crippen LogP contribution is -2.17. The molecule has 0 fully saturated rings. The summed E-state index contributed by atoms with van der Waals surface area (Å²) in [5.41, 5.74) is 7.53. The van der Waals surface area contributed by atoms with Crippen molar-refractivity contribution in [3.63, 3.8) is 0 Å². The van der Waals surface area contributed by atoms with Crippen LogP contribution in [0, 0.1) is 0 Å². The Morgan fingerprint density at radius 2 is 2.36 bits per heavy atom. The van der Waals surface area contributed by atoms with Gasteiger partial charge < -0.3 is 10.3 Å². The van der Waals surface area contributed by atoms with Crippen molar-refractivity contribution in [1.29, 1.82) is 0 Å². The SMILES string of the molecule is CC(N)Cc1cc(Cl)cc2cnoc12. The number of rotatable bonds is 2. The molecule has 1 aromatic carbocycles. The van der Waals surface area contributed by atoms with Gasteiger partial charge in [0.15, 0.2) is 5.58 Å². The van der Waals surface area contributed by atoms with E-state index in [4.69, 9.17) is 21.9 Å². The highest BCUT2D eigenvalue weighted by atomic mass is 35.5. The van der Waals surface area contributed by atoms with Gasteiger partial charge in [0.25, 0.3) is 0 Å². The number of hydrogen-bond acceptors (Lipinski definition) is 3. The predicted molar refractivity (Wildman–Crippen MR) is 56.4 cm³/mol. The van der Waals surface area contributed by atoms with Gasteiger partial charge >= 0.3 is 0 Å². The van der Waals surface area contributed by atoms with Crippen molar-refractivity contribution in [3.8, 4) is 0 Å². The first-order chi connectivity index (χ1) is 6.66. The summed E-state index contributed by atoms with van der Waals surface area (Å²) in [7, 11) is 0. The van der Waals surface area contributed by atoms with Gasteiger partial charge in [-0.25, -0.2) is 0 Å². The fraction of sp³-hybridized carbons (Fsp3) is 0.300. The summed E-state index contributed by atoms with van der Waals surface area (Å²) in [6.07, 6.45) is 2.40. The smallest absolute Gasteiger partial charge is 0.170 e. The number of nitrogens with zero attached hydrogens (tertiary/aromatic N) is 1. The van der Waals surface area contributed by atoms with Crippen LogP contribution in [0.5, 0.6) is 0 Å². The zero-order valence-electron chi connectivity index (χ0n) is 7.83. The maximum absolute atomic E-state index is 5.95. The van der Waals surface area contributed by atoms with Gasteiger partial charge in [-0.2, -0.15) is 0 Å². The molecular weight excluding hydrogens is 200 g/mol. The van der Waals surface area contributed by atoms with Gasteiger partial charge in [0.1, 0.15) is 0 Å². The van der Waals surface area contributed by atoms with Crippen molar-refractivity contribution >= 4 is 22.6 Å². The fourth-order valence-corrected chi connectivity index (χ4v) is 1.76. The molecular formula is C10H11ClN2O. The van der Waals surface area contributed by atoms with Crippen molar-refractivity contribution in [1.82, 2.24) is 5.16 Å². The molecule has 0 aliphatic carbocycles. The first-order valence-electron chi connectivity index (χ1n) is 4.45. The highest BCUT2D eigenvalue weighted by molar-refractivity contribution is 6.31. The van der Waals surface area contributed by atoms with E-state index in [-0.39, 0.29) is 6.04 Å². The fourth-order valence-electron chi connectivity index (χ4n) is 1.51. The average Bonchev–Trinajstić information content (AvgIpc) is 2.50. The zero-order chi connectivity index (χ0) is 10.1. The Bertz CT molecular complexity index is 450. The molecule has 0 bridgehead atoms. The van der Waals surface area contributed by atoms with Crippen LogP contribution in [0.2, 0.25) is 5.02 Å². The molecule has 0 saturated heterocycles. The summed E-state index contributed by atoms with van der Waals surface area (Å²) < 4.78 is 5.14. The molecule has 2 aromatic rings. The second-order valence-electron chi connectivity index (χ2n) is 3.49. The van der Waals surface area contributed by atoms with Gasteiger partial charge in [-0.3, -0.25) is 0 Å². The Labute approximate surface area is 86.8 Å². The highest BCUT2D eigenvalue weighted by Crippen LogP contribution is 2.24. The molecule has 0 aliphatic rings. The van der Waals surface area contributed by atoms with Crippen molar-refractivity contribution < 1.29 is 4.52 Å². The summed E-state index contributed by atoms with van der Waals surface area (Å²) >= 11 is 5.95. The van der Waals surface area contributed by atoms with Crippen LogP contribution in [0.15, 0.2) is 22.9 Å². The molecule has 0 aliphatic heterocycles. The molecule has 0 amide bonds. The molecule has 0 spiro atoms. The average molecular weight is 211 g/mol. The normalized spacial score (nSPS) is 13.4. The van der Waals surface area contributed by atoms with Gasteiger partial charge in [-0.15, -0.1) is 0 Å². The Balaban J connectivity index is 2.55. The molecule has 1 atom stereocenters. The van der Waals surface area contributed by atoms with Crippen LogP contribution >= 0.6 is 11.6 Å². The molecule has 1 heterocycles. The first-order valence-corrected chi connectivity index (χ1v) is 4.83. The maximum Gasteiger partial charge on any atom is 0.170 e. The van der Waals surface area contributed by atoms with E-state index in [0.717, 1.165) is 23.0 Å². The Kier molecular flexibility index (Phi) is 2.44. The van der Waals surface area contributed by atoms with Crippen LogP contribution in [-0.4, -0.2) is 11.2 Å². The topological polar surface area (TPSA) is 52.0 Å². The summed E-state index contributed by atoms with van der Waals surface area (Å²) in [5, 5.41) is 5.35. The van der Waals surface area contributed by atoms with Gasteiger partial charge in [-0.05, 0) is 25.5 Å². The first kappa shape index (κ1) is 9.49. The minimum Gasteiger partial charge on any atom is -0.356 e. The minimum absolute atomic E-state index is 0.0850. The van der Waals surface area contributed by atoms with E-state index in [1.54, 1.807) is 6.20 Å². The van der Waals surface area contributed by atoms with Crippen molar-refractivity contribution in [3.05, 3.63) is 28.9 Å². The van der Waals surface area contributed by atoms with Crippen LogP contribution in [0.4, 0.5) is 0 Å². The van der Waals surface area contributed by atoms with E-state index in [1.165, 1.54) is 0 Å². The summed E-state index contributed by atoms with van der Waals surface area (Å²) in [6, 6.07) is 3.79. The number of nitrogens with two attached hydrogens (primary N) is 1. The quantitative estimate of drug-likeness (QED) is 0.828. The Morgan fingerprint density at radius 3 is 3.07 bits per heavy atom. The molecule has 0 radical (unpaired) electrons. The van der Waals surface area contributed by atoms with Crippen LogP contribution in [0.1, 0.15) is 12.5 Å². The number of fused-ring (bicyclic) bond motifs is 1. The third kappa shape index (κ3) is 1.74. The molecule has 14 heavy (non-hydrogen) atoms. The lowest BCUT2D eigenvalue weighted by atomic mass is 10.1. The zero-order valence-corrected chi connectivity index (χ0v) is 8.58. The molecule has 74 valence electrons. The van der Waals surface area contributed by atoms with Crippen LogP contribution in [-0.2, 0) is 6.42 Å². The molecule has 2 rings (SSSR count). The number of hydrogen-bond donors (Lipinski definition) is 1. The third-order valence-electron chi connectivity index (χ3n) is 2.04. The van der Waals surface area contributed by atoms with Crippen LogP contribution in [0.3, 0.4) is 0 Å². The molecule has 0 saturated carbocycles. The molecule has 3 nitrogen and oxygen atoms in total. The summed E-state index contributed by atoms with van der Waals surface area (Å²) in [4.78, 5) is 0. The summed E-state index contributed by atoms with van der Waals surface area (Å²) in [6.45, 7) is 1.95. The van der Waals surface area contributed by atoms with E-state index in [9.17, 15) is 0 Å². The second kappa shape index (κ2) is 3.59. The highest BCUT2D eigenvalue weighted by Gasteiger charge is 2.09. The van der Waals surface area contributed by atoms with E-state index in [1.807, 2.05) is 19.1 Å². The predicted octanol–water partition coefficient (Wildman–Crippen LogP) is 2.37. The van der Waals surface area contributed by atoms with Gasteiger partial charge in [0.05, 0.1) is 6.20 Å². The van der Waals surface area contributed by atoms with E-state index < -0.39 is 0 Å². The molecule has 1 unspecified atom stereocenters. The van der Waals surface area contributed by atoms with Crippen LogP contribution in [0.25, 0.3) is 11.0 Å². The van der Waals surface area contributed by atoms with E-state index in [2.05, 4.69) is 5.16 Å². The van der Waals surface area contributed by atoms with Gasteiger partial charge in [-0.1, -0.05) is 16.8 Å². The number of aromatic nitrogens is 1. The van der Waals surface area contributed by atoms with Crippen molar-refractivity contribution in [2.75, 3.05) is 0 Å². The van der Waals surface area contributed by atoms with Gasteiger partial charge in [0.2, 0.25) is 0 Å². The Morgan fingerprint density at radius 1 is 1.57 bits per heavy atom. The van der Waals surface area contributed by atoms with Crippen molar-refractivity contribution in [2.24, 2.45) is 5.73 Å². The lowest BCUT2D eigenvalue weighted by Gasteiger charge is -2.05. The minimum atomic E-state index is 0.0850. The van der Waals surface area contributed by atoms with Gasteiger partial charge in [0, 0.05) is 22.0 Å². The lowest BCUT2D eigenvalue weighted by molar-refractivity contribution is 0.453.